The highest BCUT2D eigenvalue weighted by Crippen LogP contribution is 2.42. The van der Waals surface area contributed by atoms with Crippen molar-refractivity contribution in [2.24, 2.45) is 0 Å². The third kappa shape index (κ3) is 6.63. The number of fused-ring (bicyclic) bond motifs is 6. The molecular formula is C52H63BN2O2. The minimum Gasteiger partial charge on any atom is -0.399 e. The zero-order chi connectivity index (χ0) is 41.4. The first-order chi connectivity index (χ1) is 26.2. The lowest BCUT2D eigenvalue weighted by Gasteiger charge is -2.32. The molecular weight excluding hydrogens is 695 g/mol. The fourth-order valence-corrected chi connectivity index (χ4v) is 8.46. The monoisotopic (exact) mass is 758 g/mol. The van der Waals surface area contributed by atoms with E-state index in [-0.39, 0.29) is 21.7 Å². The second kappa shape index (κ2) is 12.6. The molecule has 7 aromatic rings. The Morgan fingerprint density at radius 3 is 0.895 bits per heavy atom. The van der Waals surface area contributed by atoms with Gasteiger partial charge in [0.05, 0.1) is 33.3 Å². The molecule has 1 fully saturated rings. The summed E-state index contributed by atoms with van der Waals surface area (Å²) in [4.78, 5) is 0. The van der Waals surface area contributed by atoms with Gasteiger partial charge in [0.2, 0.25) is 0 Å². The summed E-state index contributed by atoms with van der Waals surface area (Å²) in [5.41, 5.74) is 12.3. The Kier molecular flexibility index (Phi) is 8.73. The molecule has 0 aliphatic carbocycles. The normalized spacial score (nSPS) is 16.5. The molecule has 1 aliphatic heterocycles. The molecule has 1 aliphatic rings. The third-order valence-corrected chi connectivity index (χ3v) is 13.0. The molecule has 0 atom stereocenters. The first-order valence-corrected chi connectivity index (χ1v) is 20.9. The van der Waals surface area contributed by atoms with E-state index in [0.29, 0.717) is 0 Å². The highest BCUT2D eigenvalue weighted by atomic mass is 16.7. The Balaban J connectivity index is 1.48. The lowest BCUT2D eigenvalue weighted by molar-refractivity contribution is 0.00578. The predicted octanol–water partition coefficient (Wildman–Crippen LogP) is 13.4. The van der Waals surface area contributed by atoms with E-state index in [4.69, 9.17) is 9.31 Å². The summed E-state index contributed by atoms with van der Waals surface area (Å²) in [6.07, 6.45) is 0. The zero-order valence-corrected chi connectivity index (χ0v) is 37.4. The average molecular weight is 759 g/mol. The second-order valence-corrected chi connectivity index (χ2v) is 22.0. The molecule has 0 bridgehead atoms. The van der Waals surface area contributed by atoms with Crippen molar-refractivity contribution in [2.45, 2.75) is 144 Å². The van der Waals surface area contributed by atoms with Gasteiger partial charge in [0.15, 0.2) is 0 Å². The van der Waals surface area contributed by atoms with Crippen molar-refractivity contribution >= 4 is 56.2 Å². The molecule has 8 rings (SSSR count). The fourth-order valence-electron chi connectivity index (χ4n) is 8.46. The predicted molar refractivity (Wildman–Crippen MR) is 246 cm³/mol. The van der Waals surface area contributed by atoms with E-state index in [1.807, 2.05) is 0 Å². The quantitative estimate of drug-likeness (QED) is 0.168. The van der Waals surface area contributed by atoms with E-state index < -0.39 is 18.3 Å². The summed E-state index contributed by atoms with van der Waals surface area (Å²) in [5, 5.41) is 5.08. The molecule has 4 nitrogen and oxygen atoms in total. The Bertz CT molecular complexity index is 2400. The minimum absolute atomic E-state index is 0.0182. The topological polar surface area (TPSA) is 28.3 Å². The van der Waals surface area contributed by atoms with E-state index in [0.717, 1.165) is 16.8 Å². The van der Waals surface area contributed by atoms with Crippen LogP contribution in [0.3, 0.4) is 0 Å². The van der Waals surface area contributed by atoms with E-state index in [1.54, 1.807) is 0 Å². The van der Waals surface area contributed by atoms with Gasteiger partial charge in [-0.15, -0.1) is 0 Å². The number of hydrogen-bond donors (Lipinski definition) is 0. The summed E-state index contributed by atoms with van der Waals surface area (Å²) < 4.78 is 18.6. The minimum atomic E-state index is -0.533. The zero-order valence-electron chi connectivity index (χ0n) is 37.4. The molecule has 2 aromatic heterocycles. The van der Waals surface area contributed by atoms with Crippen molar-refractivity contribution in [2.75, 3.05) is 0 Å². The van der Waals surface area contributed by atoms with Crippen LogP contribution in [0.15, 0.2) is 91.0 Å². The van der Waals surface area contributed by atoms with E-state index in [1.165, 1.54) is 65.9 Å². The van der Waals surface area contributed by atoms with Crippen LogP contribution in [0.4, 0.5) is 0 Å². The fraction of sp³-hybridized carbons (Fsp3) is 0.423. The van der Waals surface area contributed by atoms with Gasteiger partial charge >= 0.3 is 7.12 Å². The molecule has 0 amide bonds. The average Bonchev–Trinajstić information content (AvgIpc) is 3.68. The van der Waals surface area contributed by atoms with Crippen molar-refractivity contribution in [3.8, 4) is 11.4 Å². The van der Waals surface area contributed by atoms with Gasteiger partial charge in [-0.3, -0.25) is 0 Å². The molecule has 0 unspecified atom stereocenters. The van der Waals surface area contributed by atoms with Crippen molar-refractivity contribution in [3.05, 3.63) is 113 Å². The Labute approximate surface area is 341 Å². The van der Waals surface area contributed by atoms with Crippen molar-refractivity contribution < 1.29 is 9.31 Å². The molecule has 0 radical (unpaired) electrons. The summed E-state index contributed by atoms with van der Waals surface area (Å²) >= 11 is 0. The van der Waals surface area contributed by atoms with Gasteiger partial charge in [0, 0.05) is 32.9 Å². The van der Waals surface area contributed by atoms with Crippen molar-refractivity contribution in [1.82, 2.24) is 9.13 Å². The lowest BCUT2D eigenvalue weighted by Crippen LogP contribution is -2.41. The summed E-state index contributed by atoms with van der Waals surface area (Å²) in [7, 11) is -0.533. The van der Waals surface area contributed by atoms with Crippen molar-refractivity contribution in [3.63, 3.8) is 0 Å². The van der Waals surface area contributed by atoms with Gasteiger partial charge in [-0.1, -0.05) is 107 Å². The first kappa shape index (κ1) is 39.5. The van der Waals surface area contributed by atoms with Gasteiger partial charge in [-0.25, -0.2) is 0 Å². The molecule has 0 spiro atoms. The van der Waals surface area contributed by atoms with E-state index in [9.17, 15) is 0 Å². The molecule has 3 heterocycles. The van der Waals surface area contributed by atoms with Crippen LogP contribution in [0.5, 0.6) is 0 Å². The largest absolute Gasteiger partial charge is 0.494 e. The van der Waals surface area contributed by atoms with Crippen LogP contribution in [0.2, 0.25) is 0 Å². The highest BCUT2D eigenvalue weighted by Gasteiger charge is 2.52. The number of aromatic nitrogens is 2. The molecule has 0 N–H and O–H groups in total. The number of hydrogen-bond acceptors (Lipinski definition) is 2. The van der Waals surface area contributed by atoms with Crippen LogP contribution < -0.4 is 5.46 Å². The number of benzene rings is 5. The number of nitrogens with zero attached hydrogens (tertiary/aromatic N) is 2. The van der Waals surface area contributed by atoms with Crippen LogP contribution in [0, 0.1) is 0 Å². The standard InChI is InChI=1S/C52H63BN2O2/c1-47(2,3)32-17-21-43-39(25-32)40-26-33(48(4,5)6)18-22-44(40)54(43)37-29-36(53-56-51(13,14)52(15,16)57-53)30-38(31-37)55-45-23-19-34(49(7,8)9)27-41(45)42-28-35(50(10,11)12)20-24-46(42)55/h17-31H,1-16H3. The van der Waals surface area contributed by atoms with Crippen LogP contribution >= 0.6 is 0 Å². The molecule has 5 heteroatoms. The maximum Gasteiger partial charge on any atom is 0.494 e. The third-order valence-electron chi connectivity index (χ3n) is 13.0. The summed E-state index contributed by atoms with van der Waals surface area (Å²) in [6.45, 7) is 36.1. The van der Waals surface area contributed by atoms with Crippen LogP contribution in [0.25, 0.3) is 55.0 Å². The maximum absolute atomic E-state index is 6.82. The van der Waals surface area contributed by atoms with E-state index in [2.05, 4.69) is 211 Å². The van der Waals surface area contributed by atoms with Gasteiger partial charge in [-0.2, -0.15) is 0 Å². The summed E-state index contributed by atoms with van der Waals surface area (Å²) in [6, 6.07) is 35.2. The lowest BCUT2D eigenvalue weighted by atomic mass is 9.78. The Hall–Kier alpha value is -4.32. The van der Waals surface area contributed by atoms with E-state index >= 15 is 0 Å². The molecule has 57 heavy (non-hydrogen) atoms. The van der Waals surface area contributed by atoms with Crippen LogP contribution in [-0.4, -0.2) is 27.5 Å². The van der Waals surface area contributed by atoms with Crippen LogP contribution in [-0.2, 0) is 31.0 Å². The van der Waals surface area contributed by atoms with Gasteiger partial charge in [0.1, 0.15) is 0 Å². The Morgan fingerprint density at radius 1 is 0.386 bits per heavy atom. The van der Waals surface area contributed by atoms with Gasteiger partial charge in [-0.05, 0) is 144 Å². The van der Waals surface area contributed by atoms with Gasteiger partial charge < -0.3 is 18.4 Å². The van der Waals surface area contributed by atoms with Crippen LogP contribution in [0.1, 0.15) is 133 Å². The second-order valence-electron chi connectivity index (χ2n) is 22.0. The SMILES string of the molecule is CC(C)(C)c1ccc2c(c1)c1cc(C(C)(C)C)ccc1n2-c1cc(B2OC(C)(C)C(C)(C)O2)cc(-n2c3ccc(C(C)(C)C)cc3c3cc(C(C)(C)C)ccc32)c1. The molecule has 1 saturated heterocycles. The summed E-state index contributed by atoms with van der Waals surface area (Å²) in [5.74, 6) is 0. The van der Waals surface area contributed by atoms with Gasteiger partial charge in [0.25, 0.3) is 0 Å². The maximum atomic E-state index is 6.82. The van der Waals surface area contributed by atoms with Crippen molar-refractivity contribution in [1.29, 1.82) is 0 Å². The molecule has 0 saturated carbocycles. The smallest absolute Gasteiger partial charge is 0.399 e. The Morgan fingerprint density at radius 2 is 0.649 bits per heavy atom. The first-order valence-electron chi connectivity index (χ1n) is 20.9. The highest BCUT2D eigenvalue weighted by molar-refractivity contribution is 6.62. The molecule has 296 valence electrons. The molecule has 5 aromatic carbocycles. The number of rotatable bonds is 3.